The predicted octanol–water partition coefficient (Wildman–Crippen LogP) is 3.75. The van der Waals surface area contributed by atoms with Gasteiger partial charge in [0.15, 0.2) is 29.0 Å². The van der Waals surface area contributed by atoms with Gasteiger partial charge in [0.05, 0.1) is 4.47 Å². The standard InChI is InChI=1S/C13H8BrF3N2O2/c14-11-7(13(18)19-20)2-4-10(12(11)17)21-6-1-3-8(15)9(16)5-6/h1-5,20H,(H2,18,19). The molecule has 0 unspecified atom stereocenters. The Hall–Kier alpha value is -2.22. The van der Waals surface area contributed by atoms with E-state index in [-0.39, 0.29) is 27.4 Å². The third-order valence-electron chi connectivity index (χ3n) is 2.55. The lowest BCUT2D eigenvalue weighted by Gasteiger charge is -2.10. The highest BCUT2D eigenvalue weighted by atomic mass is 79.9. The van der Waals surface area contributed by atoms with E-state index in [0.717, 1.165) is 18.2 Å². The molecule has 21 heavy (non-hydrogen) atoms. The average molecular weight is 361 g/mol. The summed E-state index contributed by atoms with van der Waals surface area (Å²) >= 11 is 2.95. The van der Waals surface area contributed by atoms with Crippen LogP contribution in [0.2, 0.25) is 0 Å². The third kappa shape index (κ3) is 3.10. The lowest BCUT2D eigenvalue weighted by Crippen LogP contribution is -2.14. The van der Waals surface area contributed by atoms with Crippen LogP contribution in [0.3, 0.4) is 0 Å². The van der Waals surface area contributed by atoms with Crippen LogP contribution < -0.4 is 10.5 Å². The van der Waals surface area contributed by atoms with Crippen LogP contribution in [0.25, 0.3) is 0 Å². The summed E-state index contributed by atoms with van der Waals surface area (Å²) in [6.07, 6.45) is 0. The summed E-state index contributed by atoms with van der Waals surface area (Å²) in [6.45, 7) is 0. The van der Waals surface area contributed by atoms with E-state index < -0.39 is 17.5 Å². The van der Waals surface area contributed by atoms with Crippen molar-refractivity contribution in [3.63, 3.8) is 0 Å². The molecule has 3 N–H and O–H groups in total. The second-order valence-corrected chi connectivity index (χ2v) is 4.70. The Balaban J connectivity index is 2.37. The lowest BCUT2D eigenvalue weighted by atomic mass is 10.2. The Labute approximate surface area is 125 Å². The van der Waals surface area contributed by atoms with Gasteiger partial charge in [-0.15, -0.1) is 0 Å². The topological polar surface area (TPSA) is 67.8 Å². The molecular formula is C13H8BrF3N2O2. The van der Waals surface area contributed by atoms with Gasteiger partial charge in [-0.05, 0) is 40.2 Å². The first-order valence-electron chi connectivity index (χ1n) is 5.53. The first-order chi connectivity index (χ1) is 9.93. The van der Waals surface area contributed by atoms with Crippen LogP contribution in [0.4, 0.5) is 13.2 Å². The zero-order valence-corrected chi connectivity index (χ0v) is 11.9. The SMILES string of the molecule is N/C(=N/O)c1ccc(Oc2ccc(F)c(F)c2)c(F)c1Br. The van der Waals surface area contributed by atoms with Crippen LogP contribution in [0.5, 0.6) is 11.5 Å². The second kappa shape index (κ2) is 6.04. The zero-order valence-electron chi connectivity index (χ0n) is 10.3. The molecule has 0 aliphatic heterocycles. The van der Waals surface area contributed by atoms with Crippen molar-refractivity contribution >= 4 is 21.8 Å². The fraction of sp³-hybridized carbons (Fsp3) is 0. The molecule has 0 amide bonds. The first-order valence-corrected chi connectivity index (χ1v) is 6.32. The van der Waals surface area contributed by atoms with Gasteiger partial charge in [0.1, 0.15) is 5.75 Å². The van der Waals surface area contributed by atoms with Crippen molar-refractivity contribution in [1.29, 1.82) is 0 Å². The van der Waals surface area contributed by atoms with Crippen molar-refractivity contribution < 1.29 is 23.1 Å². The fourth-order valence-electron chi connectivity index (χ4n) is 1.53. The van der Waals surface area contributed by atoms with E-state index >= 15 is 0 Å². The quantitative estimate of drug-likeness (QED) is 0.379. The average Bonchev–Trinajstić information content (AvgIpc) is 2.47. The Morgan fingerprint density at radius 3 is 2.48 bits per heavy atom. The van der Waals surface area contributed by atoms with E-state index in [1.165, 1.54) is 12.1 Å². The molecule has 0 bridgehead atoms. The lowest BCUT2D eigenvalue weighted by molar-refractivity contribution is 0.318. The minimum absolute atomic E-state index is 0.0729. The molecule has 0 saturated carbocycles. The van der Waals surface area contributed by atoms with Gasteiger partial charge in [-0.25, -0.2) is 13.2 Å². The highest BCUT2D eigenvalue weighted by Gasteiger charge is 2.16. The van der Waals surface area contributed by atoms with Crippen LogP contribution in [-0.4, -0.2) is 11.0 Å². The van der Waals surface area contributed by atoms with Crippen molar-refractivity contribution in [2.45, 2.75) is 0 Å². The maximum Gasteiger partial charge on any atom is 0.180 e. The molecule has 0 aliphatic rings. The largest absolute Gasteiger partial charge is 0.454 e. The molecule has 0 radical (unpaired) electrons. The van der Waals surface area contributed by atoms with Gasteiger partial charge in [-0.2, -0.15) is 0 Å². The fourth-order valence-corrected chi connectivity index (χ4v) is 2.06. The van der Waals surface area contributed by atoms with E-state index in [2.05, 4.69) is 21.1 Å². The monoisotopic (exact) mass is 360 g/mol. The normalized spacial score (nSPS) is 11.5. The molecular weight excluding hydrogens is 353 g/mol. The van der Waals surface area contributed by atoms with Crippen molar-refractivity contribution in [3.8, 4) is 11.5 Å². The summed E-state index contributed by atoms with van der Waals surface area (Å²) in [4.78, 5) is 0. The molecule has 0 aliphatic carbocycles. The molecule has 8 heteroatoms. The summed E-state index contributed by atoms with van der Waals surface area (Å²) in [5.74, 6) is -3.57. The number of amidine groups is 1. The van der Waals surface area contributed by atoms with Gasteiger partial charge in [0.25, 0.3) is 0 Å². The number of oxime groups is 1. The molecule has 0 aromatic heterocycles. The highest BCUT2D eigenvalue weighted by Crippen LogP contribution is 2.32. The number of hydrogen-bond acceptors (Lipinski definition) is 3. The summed E-state index contributed by atoms with van der Waals surface area (Å²) in [7, 11) is 0. The summed E-state index contributed by atoms with van der Waals surface area (Å²) < 4.78 is 45.0. The highest BCUT2D eigenvalue weighted by molar-refractivity contribution is 9.10. The van der Waals surface area contributed by atoms with E-state index in [9.17, 15) is 13.2 Å². The number of halogens is 4. The number of hydrogen-bond donors (Lipinski definition) is 2. The number of rotatable bonds is 3. The number of ether oxygens (including phenoxy) is 1. The molecule has 0 fully saturated rings. The molecule has 0 heterocycles. The van der Waals surface area contributed by atoms with Crippen molar-refractivity contribution in [1.82, 2.24) is 0 Å². The van der Waals surface area contributed by atoms with Gasteiger partial charge in [0, 0.05) is 11.6 Å². The Kier molecular flexibility index (Phi) is 4.37. The maximum absolute atomic E-state index is 14.1. The molecule has 0 spiro atoms. The molecule has 0 atom stereocenters. The van der Waals surface area contributed by atoms with Gasteiger partial charge < -0.3 is 15.7 Å². The molecule has 4 nitrogen and oxygen atoms in total. The smallest absolute Gasteiger partial charge is 0.180 e. The van der Waals surface area contributed by atoms with Crippen LogP contribution >= 0.6 is 15.9 Å². The molecule has 2 rings (SSSR count). The van der Waals surface area contributed by atoms with E-state index in [1.807, 2.05) is 0 Å². The summed E-state index contributed by atoms with van der Waals surface area (Å²) in [5, 5.41) is 11.3. The van der Waals surface area contributed by atoms with Crippen LogP contribution in [0.1, 0.15) is 5.56 Å². The van der Waals surface area contributed by atoms with Gasteiger partial charge in [-0.1, -0.05) is 5.16 Å². The Bertz CT molecular complexity index is 723. The number of nitrogens with two attached hydrogens (primary N) is 1. The first kappa shape index (κ1) is 15.2. The Morgan fingerprint density at radius 1 is 1.14 bits per heavy atom. The van der Waals surface area contributed by atoms with Crippen molar-refractivity contribution in [3.05, 3.63) is 57.8 Å². The summed E-state index contributed by atoms with van der Waals surface area (Å²) in [6, 6.07) is 5.37. The molecule has 2 aromatic carbocycles. The van der Waals surface area contributed by atoms with E-state index in [1.54, 1.807) is 0 Å². The maximum atomic E-state index is 14.1. The van der Waals surface area contributed by atoms with Crippen LogP contribution in [0.15, 0.2) is 40.0 Å². The van der Waals surface area contributed by atoms with Gasteiger partial charge in [0.2, 0.25) is 0 Å². The minimum Gasteiger partial charge on any atom is -0.454 e. The van der Waals surface area contributed by atoms with E-state index in [4.69, 9.17) is 15.7 Å². The number of nitrogens with zero attached hydrogens (tertiary/aromatic N) is 1. The third-order valence-corrected chi connectivity index (χ3v) is 3.32. The minimum atomic E-state index is -1.11. The Morgan fingerprint density at radius 2 is 1.86 bits per heavy atom. The molecule has 0 saturated heterocycles. The van der Waals surface area contributed by atoms with E-state index in [0.29, 0.717) is 0 Å². The van der Waals surface area contributed by atoms with Crippen LogP contribution in [-0.2, 0) is 0 Å². The van der Waals surface area contributed by atoms with Gasteiger partial charge in [-0.3, -0.25) is 0 Å². The molecule has 110 valence electrons. The number of benzene rings is 2. The zero-order chi connectivity index (χ0) is 15.6. The van der Waals surface area contributed by atoms with Crippen LogP contribution in [0, 0.1) is 17.5 Å². The summed E-state index contributed by atoms with van der Waals surface area (Å²) in [5.41, 5.74) is 5.49. The van der Waals surface area contributed by atoms with Crippen molar-refractivity contribution in [2.24, 2.45) is 10.9 Å². The van der Waals surface area contributed by atoms with Crippen molar-refractivity contribution in [2.75, 3.05) is 0 Å². The molecule has 2 aromatic rings. The van der Waals surface area contributed by atoms with Gasteiger partial charge >= 0.3 is 0 Å². The predicted molar refractivity (Wildman–Crippen MR) is 73.0 cm³/mol. The second-order valence-electron chi connectivity index (χ2n) is 3.90.